The molecule has 0 atom stereocenters. The van der Waals surface area contributed by atoms with Crippen molar-refractivity contribution < 1.29 is 4.74 Å². The summed E-state index contributed by atoms with van der Waals surface area (Å²) in [6, 6.07) is 76.2. The van der Waals surface area contributed by atoms with Crippen molar-refractivity contribution in [2.45, 2.75) is 0 Å². The van der Waals surface area contributed by atoms with E-state index >= 15 is 0 Å². The molecule has 0 spiro atoms. The molecular formula is C54H35NOS. The Bertz CT molecular complexity index is 3080. The molecule has 0 saturated heterocycles. The third-order valence-corrected chi connectivity index (χ3v) is 12.3. The third-order valence-electron chi connectivity index (χ3n) is 11.1. The summed E-state index contributed by atoms with van der Waals surface area (Å²) in [5, 5.41) is 2.62. The number of anilines is 3. The largest absolute Gasteiger partial charge is 0.456 e. The molecule has 0 N–H and O–H groups in total. The highest BCUT2D eigenvalue weighted by Crippen LogP contribution is 2.53. The van der Waals surface area contributed by atoms with Gasteiger partial charge in [0.15, 0.2) is 0 Å². The van der Waals surface area contributed by atoms with Gasteiger partial charge in [0.2, 0.25) is 0 Å². The maximum absolute atomic E-state index is 6.93. The van der Waals surface area contributed by atoms with Crippen LogP contribution in [0.3, 0.4) is 0 Å². The van der Waals surface area contributed by atoms with Crippen LogP contribution < -0.4 is 9.64 Å². The average molecular weight is 746 g/mol. The molecule has 0 bridgehead atoms. The van der Waals surface area contributed by atoms with E-state index in [1.807, 2.05) is 11.3 Å². The second-order valence-electron chi connectivity index (χ2n) is 14.5. The second kappa shape index (κ2) is 13.8. The van der Waals surface area contributed by atoms with Gasteiger partial charge in [-0.25, -0.2) is 0 Å². The van der Waals surface area contributed by atoms with Crippen molar-refractivity contribution >= 4 is 48.6 Å². The van der Waals surface area contributed by atoms with E-state index < -0.39 is 0 Å². The van der Waals surface area contributed by atoms with Crippen LogP contribution in [0.4, 0.5) is 17.1 Å². The standard InChI is InChI=1S/C54H35NOS/c1-3-13-36(14-4-1)38-25-30-41(31-26-38)55(42-32-27-39(28-33-42)43-20-11-21-47-45-18-9-10-24-52(45)57-54(43)47)49-22-12-23-51-53(49)46-19-8-7-17-44(46)48-35-40(29-34-50(48)56-51)37-15-5-2-6-16-37/h1-35H. The number of fused-ring (bicyclic) bond motifs is 8. The molecule has 9 aromatic carbocycles. The molecular weight excluding hydrogens is 711 g/mol. The van der Waals surface area contributed by atoms with Crippen molar-refractivity contribution in [2.75, 3.05) is 4.90 Å². The molecule has 57 heavy (non-hydrogen) atoms. The van der Waals surface area contributed by atoms with Crippen molar-refractivity contribution in [1.82, 2.24) is 0 Å². The first-order chi connectivity index (χ1) is 28.3. The van der Waals surface area contributed by atoms with E-state index in [9.17, 15) is 0 Å². The molecule has 3 heteroatoms. The normalized spacial score (nSPS) is 11.6. The zero-order chi connectivity index (χ0) is 37.7. The van der Waals surface area contributed by atoms with Gasteiger partial charge in [0.05, 0.1) is 5.69 Å². The summed E-state index contributed by atoms with van der Waals surface area (Å²) in [7, 11) is 0. The Morgan fingerprint density at radius 1 is 0.351 bits per heavy atom. The summed E-state index contributed by atoms with van der Waals surface area (Å²) in [6.07, 6.45) is 0. The molecule has 10 aromatic rings. The van der Waals surface area contributed by atoms with Crippen molar-refractivity contribution in [3.63, 3.8) is 0 Å². The van der Waals surface area contributed by atoms with Gasteiger partial charge in [0, 0.05) is 42.7 Å². The van der Waals surface area contributed by atoms with Crippen LogP contribution in [0.5, 0.6) is 11.5 Å². The highest BCUT2D eigenvalue weighted by Gasteiger charge is 2.27. The molecule has 0 amide bonds. The van der Waals surface area contributed by atoms with Gasteiger partial charge in [-0.3, -0.25) is 0 Å². The summed E-state index contributed by atoms with van der Waals surface area (Å²) in [5.41, 5.74) is 14.7. The van der Waals surface area contributed by atoms with Crippen LogP contribution in [0.1, 0.15) is 0 Å². The zero-order valence-electron chi connectivity index (χ0n) is 31.0. The number of thiophene rings is 1. The van der Waals surface area contributed by atoms with E-state index in [4.69, 9.17) is 4.74 Å². The number of hydrogen-bond donors (Lipinski definition) is 0. The Balaban J connectivity index is 1.08. The minimum atomic E-state index is 0.824. The molecule has 0 saturated carbocycles. The minimum absolute atomic E-state index is 0.824. The van der Waals surface area contributed by atoms with Crippen LogP contribution in [-0.2, 0) is 0 Å². The lowest BCUT2D eigenvalue weighted by molar-refractivity contribution is 0.488. The first-order valence-electron chi connectivity index (χ1n) is 19.3. The topological polar surface area (TPSA) is 12.5 Å². The van der Waals surface area contributed by atoms with Gasteiger partial charge >= 0.3 is 0 Å². The summed E-state index contributed by atoms with van der Waals surface area (Å²) in [4.78, 5) is 2.38. The molecule has 268 valence electrons. The van der Waals surface area contributed by atoms with Gasteiger partial charge < -0.3 is 9.64 Å². The highest BCUT2D eigenvalue weighted by atomic mass is 32.1. The lowest BCUT2D eigenvalue weighted by Gasteiger charge is -2.29. The lowest BCUT2D eigenvalue weighted by Crippen LogP contribution is -2.11. The van der Waals surface area contributed by atoms with Crippen LogP contribution in [0.25, 0.3) is 75.8 Å². The lowest BCUT2D eigenvalue weighted by atomic mass is 9.91. The minimum Gasteiger partial charge on any atom is -0.456 e. The summed E-state index contributed by atoms with van der Waals surface area (Å²) in [6.45, 7) is 0. The van der Waals surface area contributed by atoms with E-state index in [2.05, 4.69) is 217 Å². The van der Waals surface area contributed by atoms with E-state index in [-0.39, 0.29) is 0 Å². The average Bonchev–Trinajstić information content (AvgIpc) is 3.60. The molecule has 0 aliphatic carbocycles. The Kier molecular flexibility index (Phi) is 8.04. The number of hydrogen-bond acceptors (Lipinski definition) is 3. The molecule has 1 aromatic heterocycles. The van der Waals surface area contributed by atoms with Crippen LogP contribution in [0.2, 0.25) is 0 Å². The molecule has 11 rings (SSSR count). The number of rotatable bonds is 6. The smallest absolute Gasteiger partial charge is 0.137 e. The van der Waals surface area contributed by atoms with E-state index in [1.54, 1.807) is 0 Å². The summed E-state index contributed by atoms with van der Waals surface area (Å²) >= 11 is 1.87. The SMILES string of the molecule is c1ccc(-c2ccc(N(c3ccc(-c4cccc5c4sc4ccccc45)cc3)c3cccc4c3-c3ccccc3-c3cc(-c5ccccc5)ccc3O4)cc2)cc1. The fourth-order valence-corrected chi connectivity index (χ4v) is 9.62. The summed E-state index contributed by atoms with van der Waals surface area (Å²) in [5.74, 6) is 1.67. The number of nitrogens with zero attached hydrogens (tertiary/aromatic N) is 1. The summed E-state index contributed by atoms with van der Waals surface area (Å²) < 4.78 is 9.56. The maximum Gasteiger partial charge on any atom is 0.137 e. The molecule has 1 aliphatic heterocycles. The van der Waals surface area contributed by atoms with Crippen LogP contribution in [0, 0.1) is 0 Å². The zero-order valence-corrected chi connectivity index (χ0v) is 31.8. The van der Waals surface area contributed by atoms with E-state index in [0.29, 0.717) is 0 Å². The quantitative estimate of drug-likeness (QED) is 0.168. The van der Waals surface area contributed by atoms with Crippen molar-refractivity contribution in [1.29, 1.82) is 0 Å². The monoisotopic (exact) mass is 745 g/mol. The molecule has 0 radical (unpaired) electrons. The van der Waals surface area contributed by atoms with Crippen molar-refractivity contribution in [3.8, 4) is 67.1 Å². The number of ether oxygens (including phenoxy) is 1. The molecule has 1 aliphatic rings. The second-order valence-corrected chi connectivity index (χ2v) is 15.5. The van der Waals surface area contributed by atoms with E-state index in [1.165, 1.54) is 48.0 Å². The predicted octanol–water partition coefficient (Wildman–Crippen LogP) is 16.0. The van der Waals surface area contributed by atoms with Gasteiger partial charge in [-0.2, -0.15) is 0 Å². The Morgan fingerprint density at radius 3 is 1.67 bits per heavy atom. The van der Waals surface area contributed by atoms with Crippen LogP contribution >= 0.6 is 11.3 Å². The third kappa shape index (κ3) is 5.80. The van der Waals surface area contributed by atoms with Gasteiger partial charge in [0.1, 0.15) is 11.5 Å². The van der Waals surface area contributed by atoms with Gasteiger partial charge in [-0.15, -0.1) is 11.3 Å². The van der Waals surface area contributed by atoms with Crippen LogP contribution in [-0.4, -0.2) is 0 Å². The Morgan fingerprint density at radius 2 is 0.912 bits per heavy atom. The Labute approximate surface area is 336 Å². The van der Waals surface area contributed by atoms with Gasteiger partial charge in [0.25, 0.3) is 0 Å². The van der Waals surface area contributed by atoms with Crippen molar-refractivity contribution in [3.05, 3.63) is 212 Å². The fourth-order valence-electron chi connectivity index (χ4n) is 8.38. The van der Waals surface area contributed by atoms with Gasteiger partial charge in [-0.1, -0.05) is 158 Å². The van der Waals surface area contributed by atoms with E-state index in [0.717, 1.165) is 56.4 Å². The highest BCUT2D eigenvalue weighted by molar-refractivity contribution is 7.26. The first-order valence-corrected chi connectivity index (χ1v) is 20.1. The molecule has 0 fully saturated rings. The number of benzene rings is 9. The van der Waals surface area contributed by atoms with Crippen molar-refractivity contribution in [2.24, 2.45) is 0 Å². The molecule has 0 unspecified atom stereocenters. The molecule has 2 heterocycles. The maximum atomic E-state index is 6.93. The van der Waals surface area contributed by atoms with Gasteiger partial charge in [-0.05, 0) is 99.1 Å². The predicted molar refractivity (Wildman–Crippen MR) is 241 cm³/mol. The van der Waals surface area contributed by atoms with Crippen LogP contribution in [0.15, 0.2) is 212 Å². The fraction of sp³-hybridized carbons (Fsp3) is 0. The Hall–Kier alpha value is -7.20. The molecule has 2 nitrogen and oxygen atoms in total. The first kappa shape index (κ1) is 33.2.